The van der Waals surface area contributed by atoms with Gasteiger partial charge >= 0.3 is 5.97 Å². The van der Waals surface area contributed by atoms with Gasteiger partial charge in [0.05, 0.1) is 26.8 Å². The van der Waals surface area contributed by atoms with Crippen molar-refractivity contribution in [3.63, 3.8) is 0 Å². The van der Waals surface area contributed by atoms with E-state index >= 15 is 0 Å². The van der Waals surface area contributed by atoms with Crippen LogP contribution in [0, 0.1) is 5.92 Å². The summed E-state index contributed by atoms with van der Waals surface area (Å²) in [5.41, 5.74) is 1.08. The number of esters is 1. The van der Waals surface area contributed by atoms with Gasteiger partial charge in [-0.2, -0.15) is 0 Å². The van der Waals surface area contributed by atoms with Gasteiger partial charge in [-0.1, -0.05) is 18.2 Å². The molecule has 1 heterocycles. The number of hydrogen-bond donors (Lipinski definition) is 2. The number of carbonyl (C=O) groups excluding carboxylic acids is 2. The highest BCUT2D eigenvalue weighted by Crippen LogP contribution is 2.17. The van der Waals surface area contributed by atoms with E-state index in [0.29, 0.717) is 26.2 Å². The Morgan fingerprint density at radius 3 is 2.88 bits per heavy atom. The monoisotopic (exact) mass is 349 g/mol. The van der Waals surface area contributed by atoms with E-state index in [9.17, 15) is 9.59 Å². The first-order chi connectivity index (χ1) is 12.1. The maximum Gasteiger partial charge on any atom is 0.314 e. The van der Waals surface area contributed by atoms with Crippen LogP contribution >= 0.6 is 0 Å². The second kappa shape index (κ2) is 10.0. The Hall–Kier alpha value is -2.08. The van der Waals surface area contributed by atoms with Crippen molar-refractivity contribution >= 4 is 11.9 Å². The molecule has 1 amide bonds. The molecule has 1 aromatic carbocycles. The quantitative estimate of drug-likeness (QED) is 0.659. The van der Waals surface area contributed by atoms with Crippen molar-refractivity contribution in [2.24, 2.45) is 5.92 Å². The highest BCUT2D eigenvalue weighted by atomic mass is 16.5. The van der Waals surface area contributed by atoms with Gasteiger partial charge in [0.15, 0.2) is 6.54 Å². The Bertz CT molecular complexity index is 576. The lowest BCUT2D eigenvalue weighted by Gasteiger charge is -2.28. The van der Waals surface area contributed by atoms with Crippen molar-refractivity contribution in [3.8, 4) is 5.75 Å². The van der Waals surface area contributed by atoms with E-state index in [1.54, 1.807) is 7.11 Å². The Labute approximate surface area is 149 Å². The van der Waals surface area contributed by atoms with E-state index in [1.807, 2.05) is 31.2 Å². The third kappa shape index (κ3) is 6.05. The molecule has 1 aliphatic rings. The average molecular weight is 349 g/mol. The van der Waals surface area contributed by atoms with E-state index in [4.69, 9.17) is 9.47 Å². The molecule has 6 heteroatoms. The fourth-order valence-corrected chi connectivity index (χ4v) is 3.31. The number of ether oxygens (including phenoxy) is 2. The van der Waals surface area contributed by atoms with Gasteiger partial charge in [-0.3, -0.25) is 9.59 Å². The van der Waals surface area contributed by atoms with Gasteiger partial charge in [0.2, 0.25) is 0 Å². The number of quaternary nitrogens is 1. The number of piperidine rings is 1. The van der Waals surface area contributed by atoms with Crippen molar-refractivity contribution in [2.45, 2.75) is 26.2 Å². The van der Waals surface area contributed by atoms with Crippen LogP contribution in [0.4, 0.5) is 0 Å². The van der Waals surface area contributed by atoms with Gasteiger partial charge < -0.3 is 19.7 Å². The zero-order chi connectivity index (χ0) is 18.1. The summed E-state index contributed by atoms with van der Waals surface area (Å²) >= 11 is 0. The number of nitrogens with one attached hydrogen (secondary N) is 2. The standard InChI is InChI=1S/C19H28N2O4/c1-3-25-19(23)16-8-6-12-21(13-16)14-18(22)20-11-10-15-7-4-5-9-17(15)24-2/h4-5,7,9,16H,3,6,8,10-14H2,1-2H3,(H,20,22)/p+1/t16-/m0/s1. The molecule has 0 aliphatic carbocycles. The summed E-state index contributed by atoms with van der Waals surface area (Å²) in [6.07, 6.45) is 2.54. The fraction of sp³-hybridized carbons (Fsp3) is 0.579. The molecule has 0 saturated carbocycles. The summed E-state index contributed by atoms with van der Waals surface area (Å²) < 4.78 is 10.4. The number of hydrogen-bond acceptors (Lipinski definition) is 4. The zero-order valence-electron chi connectivity index (χ0n) is 15.2. The zero-order valence-corrected chi connectivity index (χ0v) is 15.2. The summed E-state index contributed by atoms with van der Waals surface area (Å²) in [5, 5.41) is 2.97. The molecule has 1 aliphatic heterocycles. The first kappa shape index (κ1) is 19.2. The summed E-state index contributed by atoms with van der Waals surface area (Å²) in [5.74, 6) is 0.659. The predicted octanol–water partition coefficient (Wildman–Crippen LogP) is 0.212. The Morgan fingerprint density at radius 1 is 1.32 bits per heavy atom. The van der Waals surface area contributed by atoms with Crippen LogP contribution in [0.1, 0.15) is 25.3 Å². The van der Waals surface area contributed by atoms with Gasteiger partial charge in [0.1, 0.15) is 11.7 Å². The molecule has 2 atom stereocenters. The van der Waals surface area contributed by atoms with Crippen LogP contribution in [0.25, 0.3) is 0 Å². The molecule has 0 spiro atoms. The van der Waals surface area contributed by atoms with Gasteiger partial charge in [-0.15, -0.1) is 0 Å². The summed E-state index contributed by atoms with van der Waals surface area (Å²) in [7, 11) is 1.65. The van der Waals surface area contributed by atoms with Gasteiger partial charge in [0, 0.05) is 6.54 Å². The second-order valence-corrected chi connectivity index (χ2v) is 6.38. The van der Waals surface area contributed by atoms with E-state index < -0.39 is 0 Å². The summed E-state index contributed by atoms with van der Waals surface area (Å²) in [4.78, 5) is 25.2. The maximum atomic E-state index is 12.2. The van der Waals surface area contributed by atoms with Crippen LogP contribution in [0.5, 0.6) is 5.75 Å². The lowest BCUT2D eigenvalue weighted by atomic mass is 9.98. The van der Waals surface area contributed by atoms with E-state index in [2.05, 4.69) is 5.32 Å². The molecule has 138 valence electrons. The van der Waals surface area contributed by atoms with Gasteiger partial charge in [-0.05, 0) is 37.8 Å². The molecule has 0 radical (unpaired) electrons. The third-order valence-electron chi connectivity index (χ3n) is 4.56. The molecule has 1 saturated heterocycles. The fourth-order valence-electron chi connectivity index (χ4n) is 3.31. The van der Waals surface area contributed by atoms with E-state index in [0.717, 1.165) is 42.0 Å². The highest BCUT2D eigenvalue weighted by Gasteiger charge is 2.30. The number of carbonyl (C=O) groups is 2. The van der Waals surface area contributed by atoms with Crippen LogP contribution in [-0.4, -0.2) is 51.8 Å². The molecule has 1 fully saturated rings. The number of benzene rings is 1. The van der Waals surface area contributed by atoms with Crippen LogP contribution in [-0.2, 0) is 20.7 Å². The largest absolute Gasteiger partial charge is 0.496 e. The normalized spacial score (nSPS) is 19.9. The van der Waals surface area contributed by atoms with Crippen molar-refractivity contribution in [3.05, 3.63) is 29.8 Å². The molecule has 2 N–H and O–H groups in total. The molecule has 0 bridgehead atoms. The Morgan fingerprint density at radius 2 is 2.12 bits per heavy atom. The minimum atomic E-state index is -0.128. The number of amides is 1. The van der Waals surface area contributed by atoms with Crippen LogP contribution in [0.15, 0.2) is 24.3 Å². The molecular weight excluding hydrogens is 320 g/mol. The predicted molar refractivity (Wildman–Crippen MR) is 94.6 cm³/mol. The van der Waals surface area contributed by atoms with Gasteiger partial charge in [-0.25, -0.2) is 0 Å². The van der Waals surface area contributed by atoms with Crippen molar-refractivity contribution in [1.29, 1.82) is 0 Å². The minimum Gasteiger partial charge on any atom is -0.496 e. The first-order valence-electron chi connectivity index (χ1n) is 9.02. The topological polar surface area (TPSA) is 69.1 Å². The molecule has 6 nitrogen and oxygen atoms in total. The SMILES string of the molecule is CCOC(=O)[C@H]1CCC[NH+](CC(=O)NCCc2ccccc2OC)C1. The Balaban J connectivity index is 1.73. The molecular formula is C19H29N2O4+. The molecule has 1 aromatic rings. The van der Waals surface area contributed by atoms with E-state index in [-0.39, 0.29) is 17.8 Å². The number of likely N-dealkylation sites (tertiary alicyclic amines) is 1. The molecule has 2 rings (SSSR count). The number of rotatable bonds is 8. The smallest absolute Gasteiger partial charge is 0.314 e. The van der Waals surface area contributed by atoms with Crippen molar-refractivity contribution in [2.75, 3.05) is 39.9 Å². The number of para-hydroxylation sites is 1. The molecule has 0 aromatic heterocycles. The second-order valence-electron chi connectivity index (χ2n) is 6.38. The van der Waals surface area contributed by atoms with Crippen molar-refractivity contribution in [1.82, 2.24) is 5.32 Å². The van der Waals surface area contributed by atoms with Crippen molar-refractivity contribution < 1.29 is 24.0 Å². The lowest BCUT2D eigenvalue weighted by molar-refractivity contribution is -0.899. The number of methoxy groups -OCH3 is 1. The van der Waals surface area contributed by atoms with Crippen LogP contribution in [0.3, 0.4) is 0 Å². The van der Waals surface area contributed by atoms with E-state index in [1.165, 1.54) is 0 Å². The summed E-state index contributed by atoms with van der Waals surface area (Å²) in [6.45, 7) is 4.82. The third-order valence-corrected chi connectivity index (χ3v) is 4.56. The Kier molecular flexibility index (Phi) is 7.73. The molecule has 25 heavy (non-hydrogen) atoms. The molecule has 1 unspecified atom stereocenters. The van der Waals surface area contributed by atoms with Gasteiger partial charge in [0.25, 0.3) is 5.91 Å². The van der Waals surface area contributed by atoms with Crippen LogP contribution in [0.2, 0.25) is 0 Å². The average Bonchev–Trinajstić information content (AvgIpc) is 2.62. The van der Waals surface area contributed by atoms with Crippen LogP contribution < -0.4 is 15.0 Å². The minimum absolute atomic E-state index is 0.0226. The lowest BCUT2D eigenvalue weighted by Crippen LogP contribution is -3.14. The first-order valence-corrected chi connectivity index (χ1v) is 9.02. The highest BCUT2D eigenvalue weighted by molar-refractivity contribution is 5.77. The summed E-state index contributed by atoms with van der Waals surface area (Å²) in [6, 6.07) is 7.82. The maximum absolute atomic E-state index is 12.2.